The number of phenolic OH excluding ortho intramolecular Hbond substituents is 1. The van der Waals surface area contributed by atoms with Crippen LogP contribution in [0.25, 0.3) is 11.0 Å². The van der Waals surface area contributed by atoms with E-state index in [1.807, 2.05) is 24.3 Å². The summed E-state index contributed by atoms with van der Waals surface area (Å²) < 4.78 is 1.67. The van der Waals surface area contributed by atoms with Crippen molar-refractivity contribution < 1.29 is 14.8 Å². The van der Waals surface area contributed by atoms with Crippen LogP contribution in [-0.2, 0) is 11.3 Å². The highest BCUT2D eigenvalue weighted by molar-refractivity contribution is 5.86. The lowest BCUT2D eigenvalue weighted by Gasteiger charge is -2.03. The minimum absolute atomic E-state index is 0.0127. The first-order valence-electron chi connectivity index (χ1n) is 7.24. The van der Waals surface area contributed by atoms with Gasteiger partial charge in [0, 0.05) is 17.7 Å². The second-order valence-electron chi connectivity index (χ2n) is 5.15. The van der Waals surface area contributed by atoms with Gasteiger partial charge >= 0.3 is 0 Å². The molecule has 1 aromatic heterocycles. The minimum atomic E-state index is -0.584. The van der Waals surface area contributed by atoms with E-state index in [0.29, 0.717) is 0 Å². The Hall–Kier alpha value is -3.75. The van der Waals surface area contributed by atoms with E-state index in [0.717, 1.165) is 23.3 Å². The van der Waals surface area contributed by atoms with Gasteiger partial charge in [-0.3, -0.25) is 14.9 Å². The Morgan fingerprint density at radius 1 is 1.36 bits per heavy atom. The van der Waals surface area contributed by atoms with Gasteiger partial charge in [0.25, 0.3) is 11.6 Å². The number of benzene rings is 2. The molecule has 3 aromatic rings. The Morgan fingerprint density at radius 2 is 2.16 bits per heavy atom. The molecule has 9 heteroatoms. The number of nitrogens with zero attached hydrogens (tertiary/aromatic N) is 4. The maximum Gasteiger partial charge on any atom is 0.270 e. The molecule has 2 N–H and O–H groups in total. The molecule has 0 spiro atoms. The quantitative estimate of drug-likeness (QED) is 0.417. The molecule has 0 radical (unpaired) electrons. The van der Waals surface area contributed by atoms with Gasteiger partial charge in [-0.1, -0.05) is 12.1 Å². The van der Waals surface area contributed by atoms with Crippen LogP contribution in [-0.4, -0.2) is 31.7 Å². The van der Waals surface area contributed by atoms with Gasteiger partial charge in [0.15, 0.2) is 0 Å². The number of hydrazone groups is 1. The summed E-state index contributed by atoms with van der Waals surface area (Å²) in [5.74, 6) is -0.575. The molecule has 2 aromatic carbocycles. The van der Waals surface area contributed by atoms with Gasteiger partial charge in [-0.05, 0) is 18.2 Å². The molecule has 0 atom stereocenters. The highest BCUT2D eigenvalue weighted by Gasteiger charge is 2.09. The topological polar surface area (TPSA) is 123 Å². The van der Waals surface area contributed by atoms with Crippen LogP contribution < -0.4 is 5.43 Å². The van der Waals surface area contributed by atoms with Crippen LogP contribution in [0.2, 0.25) is 0 Å². The number of para-hydroxylation sites is 2. The van der Waals surface area contributed by atoms with Crippen LogP contribution >= 0.6 is 0 Å². The van der Waals surface area contributed by atoms with Gasteiger partial charge in [0.2, 0.25) is 0 Å². The van der Waals surface area contributed by atoms with Crippen molar-refractivity contribution in [1.82, 2.24) is 15.0 Å². The fourth-order valence-electron chi connectivity index (χ4n) is 2.26. The first-order valence-corrected chi connectivity index (χ1v) is 7.24. The van der Waals surface area contributed by atoms with Crippen LogP contribution in [0, 0.1) is 10.1 Å². The average Bonchev–Trinajstić information content (AvgIpc) is 2.99. The number of nitrogens with one attached hydrogen (secondary N) is 1. The van der Waals surface area contributed by atoms with E-state index in [9.17, 15) is 20.0 Å². The number of aromatic nitrogens is 2. The van der Waals surface area contributed by atoms with Crippen molar-refractivity contribution in [2.75, 3.05) is 0 Å². The first kappa shape index (κ1) is 16.1. The number of carbonyl (C=O) groups is 1. The number of hydrogen-bond acceptors (Lipinski definition) is 6. The molecular formula is C16H13N5O4. The van der Waals surface area contributed by atoms with Crippen LogP contribution in [0.1, 0.15) is 5.56 Å². The Bertz CT molecular complexity index is 980. The number of hydrogen-bond donors (Lipinski definition) is 2. The summed E-state index contributed by atoms with van der Waals surface area (Å²) >= 11 is 0. The molecule has 0 fully saturated rings. The summed E-state index contributed by atoms with van der Waals surface area (Å²) in [7, 11) is 0. The van der Waals surface area contributed by atoms with Gasteiger partial charge in [0.1, 0.15) is 12.3 Å². The molecule has 3 rings (SSSR count). The van der Waals surface area contributed by atoms with E-state index in [1.54, 1.807) is 10.9 Å². The van der Waals surface area contributed by atoms with Gasteiger partial charge < -0.3 is 9.67 Å². The lowest BCUT2D eigenvalue weighted by Crippen LogP contribution is -2.22. The third-order valence-corrected chi connectivity index (χ3v) is 3.46. The van der Waals surface area contributed by atoms with Crippen LogP contribution in [0.15, 0.2) is 53.9 Å². The molecular weight excluding hydrogens is 326 g/mol. The molecule has 9 nitrogen and oxygen atoms in total. The number of nitro benzene ring substituents is 1. The standard InChI is InChI=1S/C16H13N5O4/c22-15-6-5-12(21(24)25)7-11(15)8-18-19-16(23)9-20-10-17-13-3-1-2-4-14(13)20/h1-8,10,22H,9H2,(H,19,23). The molecule has 0 aliphatic rings. The second kappa shape index (κ2) is 6.79. The molecule has 0 unspecified atom stereocenters. The molecule has 1 heterocycles. The number of aromatic hydroxyl groups is 1. The van der Waals surface area contributed by atoms with Crippen molar-refractivity contribution in [3.63, 3.8) is 0 Å². The van der Waals surface area contributed by atoms with Crippen molar-refractivity contribution in [2.45, 2.75) is 6.54 Å². The third-order valence-electron chi connectivity index (χ3n) is 3.46. The Morgan fingerprint density at radius 3 is 2.96 bits per heavy atom. The van der Waals surface area contributed by atoms with Crippen molar-refractivity contribution in [1.29, 1.82) is 0 Å². The zero-order valence-electron chi connectivity index (χ0n) is 12.9. The number of phenols is 1. The Labute approximate surface area is 141 Å². The lowest BCUT2D eigenvalue weighted by molar-refractivity contribution is -0.384. The number of rotatable bonds is 5. The lowest BCUT2D eigenvalue weighted by atomic mass is 10.2. The molecule has 1 amide bonds. The van der Waals surface area contributed by atoms with Crippen molar-refractivity contribution in [2.24, 2.45) is 5.10 Å². The van der Waals surface area contributed by atoms with Crippen molar-refractivity contribution in [3.05, 3.63) is 64.5 Å². The number of amides is 1. The molecule has 0 aliphatic heterocycles. The van der Waals surface area contributed by atoms with Crippen LogP contribution in [0.5, 0.6) is 5.75 Å². The monoisotopic (exact) mass is 339 g/mol. The molecule has 0 saturated heterocycles. The summed E-state index contributed by atoms with van der Waals surface area (Å²) in [6.45, 7) is 0.0127. The van der Waals surface area contributed by atoms with Gasteiger partial charge in [-0.15, -0.1) is 0 Å². The number of imidazole rings is 1. The summed E-state index contributed by atoms with van der Waals surface area (Å²) in [6, 6.07) is 10.9. The number of non-ortho nitro benzene ring substituents is 1. The molecule has 126 valence electrons. The SMILES string of the molecule is O=C(Cn1cnc2ccccc21)NN=Cc1cc([N+](=O)[O-])ccc1O. The van der Waals surface area contributed by atoms with Gasteiger partial charge in [-0.25, -0.2) is 10.4 Å². The maximum absolute atomic E-state index is 12.0. The van der Waals surface area contributed by atoms with E-state index in [-0.39, 0.29) is 23.5 Å². The summed E-state index contributed by atoms with van der Waals surface area (Å²) in [6.07, 6.45) is 2.70. The van der Waals surface area contributed by atoms with E-state index in [1.165, 1.54) is 12.1 Å². The fraction of sp³-hybridized carbons (Fsp3) is 0.0625. The molecule has 0 aliphatic carbocycles. The molecule has 0 bridgehead atoms. The van der Waals surface area contributed by atoms with Gasteiger partial charge in [-0.2, -0.15) is 5.10 Å². The average molecular weight is 339 g/mol. The zero-order valence-corrected chi connectivity index (χ0v) is 12.9. The molecule has 25 heavy (non-hydrogen) atoms. The summed E-state index contributed by atoms with van der Waals surface area (Å²) in [4.78, 5) is 26.3. The van der Waals surface area contributed by atoms with Crippen LogP contribution in [0.4, 0.5) is 5.69 Å². The van der Waals surface area contributed by atoms with Gasteiger partial charge in [0.05, 0.1) is 28.5 Å². The predicted molar refractivity (Wildman–Crippen MR) is 90.2 cm³/mol. The number of nitro groups is 1. The van der Waals surface area contributed by atoms with E-state index in [4.69, 9.17) is 0 Å². The third kappa shape index (κ3) is 3.61. The normalized spacial score (nSPS) is 11.0. The van der Waals surface area contributed by atoms with E-state index in [2.05, 4.69) is 15.5 Å². The van der Waals surface area contributed by atoms with E-state index < -0.39 is 10.8 Å². The fourth-order valence-corrected chi connectivity index (χ4v) is 2.26. The largest absolute Gasteiger partial charge is 0.507 e. The summed E-state index contributed by atoms with van der Waals surface area (Å²) in [5, 5.41) is 24.1. The zero-order chi connectivity index (χ0) is 17.8. The number of carbonyl (C=O) groups excluding carboxylic acids is 1. The van der Waals surface area contributed by atoms with Crippen molar-refractivity contribution >= 4 is 28.8 Å². The maximum atomic E-state index is 12.0. The molecule has 0 saturated carbocycles. The highest BCUT2D eigenvalue weighted by atomic mass is 16.6. The smallest absolute Gasteiger partial charge is 0.270 e. The van der Waals surface area contributed by atoms with Crippen LogP contribution in [0.3, 0.4) is 0 Å². The predicted octanol–water partition coefficient (Wildman–Crippen LogP) is 1.80. The first-order chi connectivity index (χ1) is 12.0. The number of fused-ring (bicyclic) bond motifs is 1. The van der Waals surface area contributed by atoms with E-state index >= 15 is 0 Å². The van der Waals surface area contributed by atoms with Crippen molar-refractivity contribution in [3.8, 4) is 5.75 Å². The Kier molecular flexibility index (Phi) is 4.38. The minimum Gasteiger partial charge on any atom is -0.507 e. The second-order valence-corrected chi connectivity index (χ2v) is 5.15. The highest BCUT2D eigenvalue weighted by Crippen LogP contribution is 2.21. The summed E-state index contributed by atoms with van der Waals surface area (Å²) in [5.41, 5.74) is 3.85. The Balaban J connectivity index is 1.67.